The van der Waals surface area contributed by atoms with Crippen LogP contribution in [0.1, 0.15) is 27.7 Å². The molecule has 6 heteroatoms. The van der Waals surface area contributed by atoms with Crippen molar-refractivity contribution in [3.63, 3.8) is 0 Å². The number of ether oxygens (including phenoxy) is 5. The summed E-state index contributed by atoms with van der Waals surface area (Å²) >= 11 is 6.41. The third kappa shape index (κ3) is 2.17. The first-order valence-electron chi connectivity index (χ1n) is 6.24. The van der Waals surface area contributed by atoms with Gasteiger partial charge < -0.3 is 23.7 Å². The summed E-state index contributed by atoms with van der Waals surface area (Å²) in [7, 11) is 0. The SMILES string of the molecule is CC1(C)O[C@@H]2O[C@H]([C@@H]3COC(C)(C)O3)[C@@H](Cl)[C@@H]2O1. The fourth-order valence-electron chi connectivity index (χ4n) is 2.67. The van der Waals surface area contributed by atoms with Gasteiger partial charge in [-0.15, -0.1) is 11.6 Å². The van der Waals surface area contributed by atoms with Gasteiger partial charge in [-0.2, -0.15) is 0 Å². The van der Waals surface area contributed by atoms with Gasteiger partial charge in [0.25, 0.3) is 0 Å². The molecule has 18 heavy (non-hydrogen) atoms. The lowest BCUT2D eigenvalue weighted by atomic mass is 10.1. The van der Waals surface area contributed by atoms with Gasteiger partial charge in [0.2, 0.25) is 0 Å². The molecule has 0 aromatic heterocycles. The van der Waals surface area contributed by atoms with Crippen molar-refractivity contribution in [1.29, 1.82) is 0 Å². The predicted molar refractivity (Wildman–Crippen MR) is 63.2 cm³/mol. The number of rotatable bonds is 1. The first-order valence-corrected chi connectivity index (χ1v) is 6.68. The van der Waals surface area contributed by atoms with E-state index in [2.05, 4.69) is 0 Å². The van der Waals surface area contributed by atoms with Gasteiger partial charge in [0.1, 0.15) is 18.3 Å². The molecule has 104 valence electrons. The molecular formula is C12H19ClO5. The van der Waals surface area contributed by atoms with Crippen LogP contribution in [0, 0.1) is 0 Å². The van der Waals surface area contributed by atoms with Gasteiger partial charge in [0.15, 0.2) is 17.9 Å². The van der Waals surface area contributed by atoms with Crippen molar-refractivity contribution in [2.75, 3.05) is 6.61 Å². The summed E-state index contributed by atoms with van der Waals surface area (Å²) in [6.07, 6.45) is -1.11. The standard InChI is InChI=1S/C12H19ClO5/c1-11(2)14-5-6(16-11)8-7(13)9-10(15-8)18-12(3,4)17-9/h6-10H,5H2,1-4H3/t6-,7+,8+,9-,10-/m0/s1. The van der Waals surface area contributed by atoms with Gasteiger partial charge in [-0.25, -0.2) is 0 Å². The normalized spacial score (nSPS) is 49.5. The number of fused-ring (bicyclic) bond motifs is 1. The van der Waals surface area contributed by atoms with E-state index in [1.807, 2.05) is 27.7 Å². The minimum Gasteiger partial charge on any atom is -0.348 e. The summed E-state index contributed by atoms with van der Waals surface area (Å²) < 4.78 is 28.5. The Kier molecular flexibility index (Phi) is 2.94. The largest absolute Gasteiger partial charge is 0.348 e. The first kappa shape index (κ1) is 13.1. The van der Waals surface area contributed by atoms with Crippen molar-refractivity contribution in [2.45, 2.75) is 69.2 Å². The molecule has 0 spiro atoms. The van der Waals surface area contributed by atoms with E-state index in [1.54, 1.807) is 0 Å². The lowest BCUT2D eigenvalue weighted by molar-refractivity contribution is -0.220. The summed E-state index contributed by atoms with van der Waals surface area (Å²) in [5.74, 6) is -1.22. The molecule has 0 aromatic carbocycles. The maximum atomic E-state index is 6.41. The molecule has 0 aliphatic carbocycles. The Bertz CT molecular complexity index is 345. The Morgan fingerprint density at radius 2 is 1.67 bits per heavy atom. The molecule has 5 atom stereocenters. The summed E-state index contributed by atoms with van der Waals surface area (Å²) in [6.45, 7) is 7.94. The van der Waals surface area contributed by atoms with E-state index in [4.69, 9.17) is 35.3 Å². The van der Waals surface area contributed by atoms with Crippen LogP contribution in [0.4, 0.5) is 0 Å². The molecule has 0 aromatic rings. The maximum absolute atomic E-state index is 6.41. The van der Waals surface area contributed by atoms with Crippen molar-refractivity contribution >= 4 is 11.6 Å². The van der Waals surface area contributed by atoms with Crippen LogP contribution in [0.25, 0.3) is 0 Å². The number of alkyl halides is 1. The van der Waals surface area contributed by atoms with E-state index < -0.39 is 17.9 Å². The molecule has 0 unspecified atom stereocenters. The van der Waals surface area contributed by atoms with Gasteiger partial charge >= 0.3 is 0 Å². The third-order valence-corrected chi connectivity index (χ3v) is 3.90. The second kappa shape index (κ2) is 4.04. The van der Waals surface area contributed by atoms with Crippen LogP contribution in [0.5, 0.6) is 0 Å². The van der Waals surface area contributed by atoms with E-state index in [1.165, 1.54) is 0 Å². The van der Waals surface area contributed by atoms with Crippen LogP contribution in [-0.4, -0.2) is 48.2 Å². The van der Waals surface area contributed by atoms with Gasteiger partial charge in [0, 0.05) is 0 Å². The number of hydrogen-bond donors (Lipinski definition) is 0. The highest BCUT2D eigenvalue weighted by atomic mass is 35.5. The Labute approximate surface area is 112 Å². The lowest BCUT2D eigenvalue weighted by Crippen LogP contribution is -2.39. The third-order valence-electron chi connectivity index (χ3n) is 3.40. The zero-order chi connectivity index (χ0) is 13.1. The topological polar surface area (TPSA) is 46.2 Å². The summed E-state index contributed by atoms with van der Waals surface area (Å²) in [5.41, 5.74) is 0. The molecule has 0 radical (unpaired) electrons. The van der Waals surface area contributed by atoms with Crippen molar-refractivity contribution < 1.29 is 23.7 Å². The molecule has 3 aliphatic rings. The van der Waals surface area contributed by atoms with Crippen LogP contribution >= 0.6 is 11.6 Å². The zero-order valence-corrected chi connectivity index (χ0v) is 11.8. The minimum atomic E-state index is -0.639. The van der Waals surface area contributed by atoms with E-state index in [0.29, 0.717) is 6.61 Å². The fourth-order valence-corrected chi connectivity index (χ4v) is 3.06. The van der Waals surface area contributed by atoms with Crippen molar-refractivity contribution in [2.24, 2.45) is 0 Å². The average Bonchev–Trinajstić information content (AvgIpc) is 2.81. The van der Waals surface area contributed by atoms with E-state index in [-0.39, 0.29) is 23.7 Å². The number of halogens is 1. The molecule has 3 heterocycles. The molecule has 0 saturated carbocycles. The second-order valence-electron chi connectivity index (χ2n) is 5.88. The molecular weight excluding hydrogens is 260 g/mol. The smallest absolute Gasteiger partial charge is 0.189 e. The van der Waals surface area contributed by atoms with Crippen LogP contribution in [0.3, 0.4) is 0 Å². The molecule has 5 nitrogen and oxygen atoms in total. The van der Waals surface area contributed by atoms with Crippen LogP contribution in [-0.2, 0) is 23.7 Å². The van der Waals surface area contributed by atoms with E-state index >= 15 is 0 Å². The molecule has 3 aliphatic heterocycles. The maximum Gasteiger partial charge on any atom is 0.189 e. The van der Waals surface area contributed by atoms with Crippen molar-refractivity contribution in [1.82, 2.24) is 0 Å². The van der Waals surface area contributed by atoms with Gasteiger partial charge in [0.05, 0.1) is 12.0 Å². The van der Waals surface area contributed by atoms with Crippen LogP contribution in [0.15, 0.2) is 0 Å². The quantitative estimate of drug-likeness (QED) is 0.682. The Morgan fingerprint density at radius 3 is 2.22 bits per heavy atom. The molecule has 3 saturated heterocycles. The predicted octanol–water partition coefficient (Wildman–Crippen LogP) is 1.62. The minimum absolute atomic E-state index is 0.177. The highest BCUT2D eigenvalue weighted by Gasteiger charge is 2.57. The second-order valence-corrected chi connectivity index (χ2v) is 6.38. The molecule has 0 amide bonds. The monoisotopic (exact) mass is 278 g/mol. The molecule has 0 N–H and O–H groups in total. The zero-order valence-electron chi connectivity index (χ0n) is 11.0. The first-order chi connectivity index (χ1) is 8.27. The van der Waals surface area contributed by atoms with Crippen LogP contribution < -0.4 is 0 Å². The van der Waals surface area contributed by atoms with Crippen molar-refractivity contribution in [3.05, 3.63) is 0 Å². The molecule has 3 rings (SSSR count). The summed E-state index contributed by atoms with van der Waals surface area (Å²) in [4.78, 5) is 0. The fraction of sp³-hybridized carbons (Fsp3) is 1.00. The molecule has 0 bridgehead atoms. The summed E-state index contributed by atoms with van der Waals surface area (Å²) in [6, 6.07) is 0. The van der Waals surface area contributed by atoms with Gasteiger partial charge in [-0.3, -0.25) is 0 Å². The molecule has 3 fully saturated rings. The Morgan fingerprint density at radius 1 is 0.944 bits per heavy atom. The summed E-state index contributed by atoms with van der Waals surface area (Å²) in [5, 5.41) is -0.292. The van der Waals surface area contributed by atoms with E-state index in [9.17, 15) is 0 Å². The van der Waals surface area contributed by atoms with Gasteiger partial charge in [-0.1, -0.05) is 0 Å². The lowest BCUT2D eigenvalue weighted by Gasteiger charge is -2.26. The Balaban J connectivity index is 1.68. The van der Waals surface area contributed by atoms with Crippen molar-refractivity contribution in [3.8, 4) is 0 Å². The highest BCUT2D eigenvalue weighted by Crippen LogP contribution is 2.42. The Hall–Kier alpha value is 0.0900. The van der Waals surface area contributed by atoms with E-state index in [0.717, 1.165) is 0 Å². The van der Waals surface area contributed by atoms with Crippen LogP contribution in [0.2, 0.25) is 0 Å². The number of hydrogen-bond acceptors (Lipinski definition) is 5. The average molecular weight is 279 g/mol. The highest BCUT2D eigenvalue weighted by molar-refractivity contribution is 6.21. The van der Waals surface area contributed by atoms with Gasteiger partial charge in [-0.05, 0) is 27.7 Å².